The molecule has 1 heterocycles. The highest BCUT2D eigenvalue weighted by atomic mass is 16.3. The summed E-state index contributed by atoms with van der Waals surface area (Å²) in [5.74, 6) is 0.557. The second kappa shape index (κ2) is 6.03. The predicted molar refractivity (Wildman–Crippen MR) is 108 cm³/mol. The Bertz CT molecular complexity index is 1070. The molecule has 0 amide bonds. The van der Waals surface area contributed by atoms with Crippen LogP contribution in [0.15, 0.2) is 71.1 Å². The van der Waals surface area contributed by atoms with Gasteiger partial charge in [-0.3, -0.25) is 0 Å². The molecule has 0 spiro atoms. The zero-order valence-electron chi connectivity index (χ0n) is 15.3. The summed E-state index contributed by atoms with van der Waals surface area (Å²) in [7, 11) is 0. The van der Waals surface area contributed by atoms with Crippen LogP contribution < -0.4 is 5.73 Å². The maximum absolute atomic E-state index is 6.14. The number of rotatable bonds is 2. The van der Waals surface area contributed by atoms with E-state index in [1.807, 2.05) is 42.5 Å². The molecule has 4 rings (SSSR count). The minimum atomic E-state index is 0.0104. The van der Waals surface area contributed by atoms with E-state index in [1.54, 1.807) is 0 Å². The van der Waals surface area contributed by atoms with Crippen molar-refractivity contribution >= 4 is 16.8 Å². The summed E-state index contributed by atoms with van der Waals surface area (Å²) in [4.78, 5) is 4.80. The van der Waals surface area contributed by atoms with E-state index in [0.29, 0.717) is 11.6 Å². The average molecular weight is 342 g/mol. The maximum atomic E-state index is 6.14. The predicted octanol–water partition coefficient (Wildman–Crippen LogP) is 6.04. The van der Waals surface area contributed by atoms with Crippen molar-refractivity contribution in [3.05, 3.63) is 72.3 Å². The molecule has 0 bridgehead atoms. The van der Waals surface area contributed by atoms with Crippen LogP contribution in [0, 0.1) is 0 Å². The molecular formula is C23H22N2O. The quantitative estimate of drug-likeness (QED) is 0.452. The number of nitrogens with two attached hydrogens (primary N) is 1. The van der Waals surface area contributed by atoms with Gasteiger partial charge in [0.2, 0.25) is 5.89 Å². The molecule has 2 N–H and O–H groups in total. The minimum Gasteiger partial charge on any atom is -0.436 e. The Kier molecular flexibility index (Phi) is 3.80. The zero-order chi connectivity index (χ0) is 18.3. The summed E-state index contributed by atoms with van der Waals surface area (Å²) >= 11 is 0. The van der Waals surface area contributed by atoms with Crippen LogP contribution in [0.1, 0.15) is 26.3 Å². The van der Waals surface area contributed by atoms with Crippen LogP contribution in [-0.4, -0.2) is 4.98 Å². The molecule has 4 aromatic rings. The number of hydrogen-bond donors (Lipinski definition) is 1. The third kappa shape index (κ3) is 2.86. The smallest absolute Gasteiger partial charge is 0.229 e. The van der Waals surface area contributed by atoms with Crippen LogP contribution in [0.4, 0.5) is 5.69 Å². The van der Waals surface area contributed by atoms with Crippen molar-refractivity contribution in [3.8, 4) is 22.6 Å². The Labute approximate surface area is 153 Å². The molecule has 3 nitrogen and oxygen atoms in total. The molecule has 0 fully saturated rings. The first kappa shape index (κ1) is 16.4. The summed E-state index contributed by atoms with van der Waals surface area (Å²) in [6.07, 6.45) is 0. The van der Waals surface area contributed by atoms with Crippen molar-refractivity contribution in [2.24, 2.45) is 0 Å². The molecule has 3 aromatic carbocycles. The summed E-state index contributed by atoms with van der Waals surface area (Å²) in [5, 5.41) is 0. The van der Waals surface area contributed by atoms with Gasteiger partial charge in [-0.05, 0) is 40.8 Å². The first-order valence-corrected chi connectivity index (χ1v) is 8.79. The lowest BCUT2D eigenvalue weighted by Gasteiger charge is -2.20. The fourth-order valence-corrected chi connectivity index (χ4v) is 3.11. The molecule has 0 atom stereocenters. The van der Waals surface area contributed by atoms with Crippen LogP contribution in [-0.2, 0) is 5.41 Å². The van der Waals surface area contributed by atoms with Crippen molar-refractivity contribution in [2.45, 2.75) is 26.2 Å². The second-order valence-electron chi connectivity index (χ2n) is 7.59. The Balaban J connectivity index is 2.01. The Morgan fingerprint density at radius 1 is 0.846 bits per heavy atom. The number of nitrogen functional groups attached to an aromatic ring is 1. The molecule has 3 heteroatoms. The van der Waals surface area contributed by atoms with E-state index in [0.717, 1.165) is 27.8 Å². The van der Waals surface area contributed by atoms with Gasteiger partial charge < -0.3 is 10.2 Å². The third-order valence-corrected chi connectivity index (χ3v) is 4.64. The topological polar surface area (TPSA) is 52.0 Å². The number of aromatic nitrogens is 1. The Hall–Kier alpha value is -3.07. The van der Waals surface area contributed by atoms with Gasteiger partial charge in [0, 0.05) is 11.3 Å². The summed E-state index contributed by atoms with van der Waals surface area (Å²) in [5.41, 5.74) is 12.7. The lowest BCUT2D eigenvalue weighted by Crippen LogP contribution is -2.11. The molecule has 26 heavy (non-hydrogen) atoms. The molecule has 0 saturated heterocycles. The molecule has 130 valence electrons. The number of fused-ring (bicyclic) bond motifs is 1. The molecule has 0 aliphatic rings. The van der Waals surface area contributed by atoms with E-state index in [9.17, 15) is 0 Å². The van der Waals surface area contributed by atoms with E-state index >= 15 is 0 Å². The lowest BCUT2D eigenvalue weighted by molar-refractivity contribution is 0.584. The number of para-hydroxylation sites is 1. The molecule has 0 radical (unpaired) electrons. The lowest BCUT2D eigenvalue weighted by atomic mass is 9.85. The largest absolute Gasteiger partial charge is 0.436 e. The van der Waals surface area contributed by atoms with Gasteiger partial charge in [-0.2, -0.15) is 0 Å². The fourth-order valence-electron chi connectivity index (χ4n) is 3.11. The van der Waals surface area contributed by atoms with Crippen LogP contribution in [0.5, 0.6) is 0 Å². The van der Waals surface area contributed by atoms with Gasteiger partial charge in [0.05, 0.1) is 5.56 Å². The monoisotopic (exact) mass is 342 g/mol. The minimum absolute atomic E-state index is 0.0104. The van der Waals surface area contributed by atoms with Gasteiger partial charge in [0.25, 0.3) is 0 Å². The van der Waals surface area contributed by atoms with E-state index in [2.05, 4.69) is 45.0 Å². The van der Waals surface area contributed by atoms with Gasteiger partial charge in [-0.15, -0.1) is 0 Å². The number of anilines is 1. The van der Waals surface area contributed by atoms with Crippen molar-refractivity contribution in [1.82, 2.24) is 4.98 Å². The summed E-state index contributed by atoms with van der Waals surface area (Å²) < 4.78 is 6.14. The fraction of sp³-hybridized carbons (Fsp3) is 0.174. The van der Waals surface area contributed by atoms with Crippen molar-refractivity contribution < 1.29 is 4.42 Å². The van der Waals surface area contributed by atoms with Gasteiger partial charge in [-0.1, -0.05) is 63.2 Å². The summed E-state index contributed by atoms with van der Waals surface area (Å²) in [6, 6.07) is 22.3. The van der Waals surface area contributed by atoms with E-state index < -0.39 is 0 Å². The van der Waals surface area contributed by atoms with Gasteiger partial charge in [0.15, 0.2) is 5.58 Å². The van der Waals surface area contributed by atoms with Crippen LogP contribution in [0.3, 0.4) is 0 Å². The number of hydrogen-bond acceptors (Lipinski definition) is 3. The first-order chi connectivity index (χ1) is 12.4. The summed E-state index contributed by atoms with van der Waals surface area (Å²) in [6.45, 7) is 6.61. The Morgan fingerprint density at radius 2 is 1.54 bits per heavy atom. The highest BCUT2D eigenvalue weighted by Gasteiger charge is 2.20. The molecule has 1 aromatic heterocycles. The third-order valence-electron chi connectivity index (χ3n) is 4.64. The van der Waals surface area contributed by atoms with Gasteiger partial charge in [0.1, 0.15) is 5.52 Å². The number of nitrogens with zero attached hydrogens (tertiary/aromatic N) is 1. The molecular weight excluding hydrogens is 320 g/mol. The van der Waals surface area contributed by atoms with Crippen molar-refractivity contribution in [2.75, 3.05) is 5.73 Å². The van der Waals surface area contributed by atoms with E-state index in [-0.39, 0.29) is 5.41 Å². The normalized spacial score (nSPS) is 11.8. The molecule has 0 unspecified atom stereocenters. The van der Waals surface area contributed by atoms with Crippen LogP contribution >= 0.6 is 0 Å². The Morgan fingerprint density at radius 3 is 2.23 bits per heavy atom. The van der Waals surface area contributed by atoms with E-state index in [1.165, 1.54) is 5.56 Å². The highest BCUT2D eigenvalue weighted by Crippen LogP contribution is 2.37. The van der Waals surface area contributed by atoms with Crippen LogP contribution in [0.2, 0.25) is 0 Å². The number of oxazole rings is 1. The van der Waals surface area contributed by atoms with Gasteiger partial charge in [-0.25, -0.2) is 4.98 Å². The van der Waals surface area contributed by atoms with Crippen molar-refractivity contribution in [1.29, 1.82) is 0 Å². The molecule has 0 aliphatic carbocycles. The highest BCUT2D eigenvalue weighted by molar-refractivity contribution is 5.93. The molecule has 0 saturated carbocycles. The average Bonchev–Trinajstić information content (AvgIpc) is 3.05. The van der Waals surface area contributed by atoms with Crippen molar-refractivity contribution in [3.63, 3.8) is 0 Å². The van der Waals surface area contributed by atoms with Gasteiger partial charge >= 0.3 is 0 Å². The SMILES string of the molecule is CC(C)(C)c1cc(-c2ccccc2)c2nc(-c3ccccc3N)oc2c1. The standard InChI is InChI=1S/C23H22N2O/c1-23(2,3)16-13-18(15-9-5-4-6-10-15)21-20(14-16)26-22(25-21)17-11-7-8-12-19(17)24/h4-14H,24H2,1-3H3. The first-order valence-electron chi connectivity index (χ1n) is 8.79. The zero-order valence-corrected chi connectivity index (χ0v) is 15.3. The van der Waals surface area contributed by atoms with Crippen LogP contribution in [0.25, 0.3) is 33.7 Å². The molecule has 0 aliphatic heterocycles. The second-order valence-corrected chi connectivity index (χ2v) is 7.59. The number of benzene rings is 3. The van der Waals surface area contributed by atoms with E-state index in [4.69, 9.17) is 15.1 Å². The maximum Gasteiger partial charge on any atom is 0.229 e.